The number of nitrogens with one attached hydrogen (secondary N) is 1. The van der Waals surface area contributed by atoms with Crippen molar-refractivity contribution in [3.05, 3.63) is 77.8 Å². The van der Waals surface area contributed by atoms with Gasteiger partial charge in [-0.1, -0.05) is 66.2 Å². The molecule has 0 spiro atoms. The van der Waals surface area contributed by atoms with Gasteiger partial charge in [0.25, 0.3) is 0 Å². The van der Waals surface area contributed by atoms with Crippen LogP contribution in [0.2, 0.25) is 5.02 Å². The molecule has 0 fully saturated rings. The average molecular weight is 305 g/mol. The number of halogens is 1. The predicted molar refractivity (Wildman–Crippen MR) is 92.0 cm³/mol. The molecule has 1 N–H and O–H groups in total. The van der Waals surface area contributed by atoms with E-state index in [1.54, 1.807) is 0 Å². The molecule has 0 aliphatic carbocycles. The number of imidazole rings is 1. The lowest BCUT2D eigenvalue weighted by molar-refractivity contribution is 1.34. The molecular weight excluding hydrogens is 292 g/mol. The minimum absolute atomic E-state index is 0.707. The summed E-state index contributed by atoms with van der Waals surface area (Å²) in [5.74, 6) is 0.858. The maximum atomic E-state index is 6.05. The number of fused-ring (bicyclic) bond motifs is 1. The molecule has 0 saturated heterocycles. The van der Waals surface area contributed by atoms with Crippen molar-refractivity contribution in [1.29, 1.82) is 0 Å². The summed E-state index contributed by atoms with van der Waals surface area (Å²) in [7, 11) is 0. The Morgan fingerprint density at radius 2 is 1.50 bits per heavy atom. The van der Waals surface area contributed by atoms with E-state index in [-0.39, 0.29) is 0 Å². The second-order valence-electron chi connectivity index (χ2n) is 5.16. The fourth-order valence-electron chi connectivity index (χ4n) is 2.67. The molecule has 0 aliphatic heterocycles. The van der Waals surface area contributed by atoms with E-state index in [0.717, 1.165) is 28.0 Å². The molecule has 0 amide bonds. The Bertz CT molecular complexity index is 942. The van der Waals surface area contributed by atoms with Crippen LogP contribution in [0.15, 0.2) is 72.8 Å². The van der Waals surface area contributed by atoms with Crippen LogP contribution in [0.4, 0.5) is 0 Å². The first-order valence-electron chi connectivity index (χ1n) is 7.11. The number of aromatic amines is 1. The fourth-order valence-corrected chi connectivity index (χ4v) is 2.84. The van der Waals surface area contributed by atoms with Crippen LogP contribution in [0.25, 0.3) is 33.5 Å². The molecule has 3 heteroatoms. The van der Waals surface area contributed by atoms with E-state index in [0.29, 0.717) is 5.02 Å². The Kier molecular flexibility index (Phi) is 3.17. The zero-order valence-electron chi connectivity index (χ0n) is 11.8. The standard InChI is InChI=1S/C19H13ClN2/c20-14-10-11-17-18(12-14)22-19(21-17)16-9-5-4-8-15(16)13-6-2-1-3-7-13/h1-12H,(H,21,22). The van der Waals surface area contributed by atoms with Crippen LogP contribution in [0.3, 0.4) is 0 Å². The molecule has 0 saturated carbocycles. The number of rotatable bonds is 2. The van der Waals surface area contributed by atoms with Crippen LogP contribution in [-0.4, -0.2) is 9.97 Å². The summed E-state index contributed by atoms with van der Waals surface area (Å²) in [6, 6.07) is 24.3. The topological polar surface area (TPSA) is 28.7 Å². The van der Waals surface area contributed by atoms with Crippen molar-refractivity contribution >= 4 is 22.6 Å². The van der Waals surface area contributed by atoms with Crippen LogP contribution < -0.4 is 0 Å². The van der Waals surface area contributed by atoms with Gasteiger partial charge in [-0.2, -0.15) is 0 Å². The van der Waals surface area contributed by atoms with Gasteiger partial charge >= 0.3 is 0 Å². The molecule has 1 heterocycles. The third-order valence-corrected chi connectivity index (χ3v) is 3.95. The molecule has 0 aliphatic rings. The van der Waals surface area contributed by atoms with Gasteiger partial charge in [0.15, 0.2) is 0 Å². The lowest BCUT2D eigenvalue weighted by Gasteiger charge is -2.07. The Labute approximate surface area is 133 Å². The molecular formula is C19H13ClN2. The van der Waals surface area contributed by atoms with Crippen molar-refractivity contribution in [2.45, 2.75) is 0 Å². The van der Waals surface area contributed by atoms with Crippen molar-refractivity contribution in [3.8, 4) is 22.5 Å². The number of hydrogen-bond acceptors (Lipinski definition) is 1. The summed E-state index contributed by atoms with van der Waals surface area (Å²) < 4.78 is 0. The van der Waals surface area contributed by atoms with Gasteiger partial charge in [0.05, 0.1) is 11.0 Å². The highest BCUT2D eigenvalue weighted by Crippen LogP contribution is 2.31. The predicted octanol–water partition coefficient (Wildman–Crippen LogP) is 5.55. The molecule has 22 heavy (non-hydrogen) atoms. The van der Waals surface area contributed by atoms with Gasteiger partial charge in [-0.25, -0.2) is 4.98 Å². The van der Waals surface area contributed by atoms with E-state index in [2.05, 4.69) is 29.2 Å². The van der Waals surface area contributed by atoms with E-state index in [9.17, 15) is 0 Å². The van der Waals surface area contributed by atoms with Gasteiger partial charge in [-0.05, 0) is 29.3 Å². The van der Waals surface area contributed by atoms with Crippen molar-refractivity contribution < 1.29 is 0 Å². The second-order valence-corrected chi connectivity index (χ2v) is 5.59. The first kappa shape index (κ1) is 13.1. The van der Waals surface area contributed by atoms with Gasteiger partial charge in [-0.3, -0.25) is 0 Å². The molecule has 4 rings (SSSR count). The SMILES string of the molecule is Clc1ccc2nc(-c3ccccc3-c3ccccc3)[nH]c2c1. The quantitative estimate of drug-likeness (QED) is 0.516. The molecule has 106 valence electrons. The maximum Gasteiger partial charge on any atom is 0.139 e. The summed E-state index contributed by atoms with van der Waals surface area (Å²) in [6.07, 6.45) is 0. The van der Waals surface area contributed by atoms with Crippen LogP contribution in [0.5, 0.6) is 0 Å². The zero-order chi connectivity index (χ0) is 14.9. The highest BCUT2D eigenvalue weighted by atomic mass is 35.5. The maximum absolute atomic E-state index is 6.05. The Morgan fingerprint density at radius 3 is 2.32 bits per heavy atom. The number of H-pyrrole nitrogens is 1. The van der Waals surface area contributed by atoms with Gasteiger partial charge in [-0.15, -0.1) is 0 Å². The Hall–Kier alpha value is -2.58. The third-order valence-electron chi connectivity index (χ3n) is 3.71. The lowest BCUT2D eigenvalue weighted by atomic mass is 9.99. The normalized spacial score (nSPS) is 11.0. The third kappa shape index (κ3) is 2.28. The van der Waals surface area contributed by atoms with E-state index in [1.807, 2.05) is 48.5 Å². The summed E-state index contributed by atoms with van der Waals surface area (Å²) in [5.41, 5.74) is 5.29. The zero-order valence-corrected chi connectivity index (χ0v) is 12.5. The van der Waals surface area contributed by atoms with Gasteiger partial charge in [0, 0.05) is 10.6 Å². The van der Waals surface area contributed by atoms with Gasteiger partial charge in [0.1, 0.15) is 5.82 Å². The van der Waals surface area contributed by atoms with Crippen LogP contribution in [0.1, 0.15) is 0 Å². The van der Waals surface area contributed by atoms with Gasteiger partial charge < -0.3 is 4.98 Å². The smallest absolute Gasteiger partial charge is 0.139 e. The molecule has 3 aromatic carbocycles. The molecule has 1 aromatic heterocycles. The molecule has 0 radical (unpaired) electrons. The van der Waals surface area contributed by atoms with Crippen LogP contribution >= 0.6 is 11.6 Å². The lowest BCUT2D eigenvalue weighted by Crippen LogP contribution is -1.86. The molecule has 0 bridgehead atoms. The number of aromatic nitrogens is 2. The van der Waals surface area contributed by atoms with E-state index in [1.165, 1.54) is 5.56 Å². The summed E-state index contributed by atoms with van der Waals surface area (Å²) in [6.45, 7) is 0. The summed E-state index contributed by atoms with van der Waals surface area (Å²) in [4.78, 5) is 8.06. The first-order chi connectivity index (χ1) is 10.8. The van der Waals surface area contributed by atoms with Crippen molar-refractivity contribution in [1.82, 2.24) is 9.97 Å². The largest absolute Gasteiger partial charge is 0.338 e. The highest BCUT2D eigenvalue weighted by Gasteiger charge is 2.10. The Morgan fingerprint density at radius 1 is 0.773 bits per heavy atom. The summed E-state index contributed by atoms with van der Waals surface area (Å²) >= 11 is 6.05. The van der Waals surface area contributed by atoms with E-state index < -0.39 is 0 Å². The van der Waals surface area contributed by atoms with E-state index >= 15 is 0 Å². The highest BCUT2D eigenvalue weighted by molar-refractivity contribution is 6.31. The number of benzene rings is 3. The molecule has 4 aromatic rings. The summed E-state index contributed by atoms with van der Waals surface area (Å²) in [5, 5.41) is 0.707. The van der Waals surface area contributed by atoms with Crippen molar-refractivity contribution in [3.63, 3.8) is 0 Å². The fraction of sp³-hybridized carbons (Fsp3) is 0. The first-order valence-corrected chi connectivity index (χ1v) is 7.49. The second kappa shape index (κ2) is 5.32. The minimum atomic E-state index is 0.707. The van der Waals surface area contributed by atoms with E-state index in [4.69, 9.17) is 16.6 Å². The molecule has 0 unspecified atom stereocenters. The monoisotopic (exact) mass is 304 g/mol. The van der Waals surface area contributed by atoms with Crippen molar-refractivity contribution in [2.24, 2.45) is 0 Å². The van der Waals surface area contributed by atoms with Crippen LogP contribution in [0, 0.1) is 0 Å². The molecule has 0 atom stereocenters. The van der Waals surface area contributed by atoms with Gasteiger partial charge in [0.2, 0.25) is 0 Å². The number of hydrogen-bond donors (Lipinski definition) is 1. The van der Waals surface area contributed by atoms with Crippen molar-refractivity contribution in [2.75, 3.05) is 0 Å². The van der Waals surface area contributed by atoms with Crippen LogP contribution in [-0.2, 0) is 0 Å². The number of nitrogens with zero attached hydrogens (tertiary/aromatic N) is 1. The minimum Gasteiger partial charge on any atom is -0.338 e. The average Bonchev–Trinajstić information content (AvgIpc) is 2.98. The molecule has 2 nitrogen and oxygen atoms in total. The Balaban J connectivity index is 1.92.